The van der Waals surface area contributed by atoms with Crippen LogP contribution in [0.15, 0.2) is 30.5 Å². The summed E-state index contributed by atoms with van der Waals surface area (Å²) in [4.78, 5) is 27.8. The molecule has 3 aromatic rings. The maximum absolute atomic E-state index is 13.7. The predicted molar refractivity (Wildman–Crippen MR) is 130 cm³/mol. The fraction of sp³-hybridized carbons (Fsp3) is 0.417. The van der Waals surface area contributed by atoms with Gasteiger partial charge in [-0.25, -0.2) is 13.9 Å². The third-order valence-corrected chi connectivity index (χ3v) is 5.71. The lowest BCUT2D eigenvalue weighted by Gasteiger charge is -2.29. The van der Waals surface area contributed by atoms with Gasteiger partial charge < -0.3 is 10.1 Å². The molecule has 9 heteroatoms. The average Bonchev–Trinajstić information content (AvgIpc) is 3.22. The lowest BCUT2D eigenvalue weighted by molar-refractivity contribution is -0.116. The van der Waals surface area contributed by atoms with Gasteiger partial charge in [-0.05, 0) is 52.1 Å². The summed E-state index contributed by atoms with van der Waals surface area (Å²) in [5.74, 6) is -0.310. The van der Waals surface area contributed by atoms with Crippen molar-refractivity contribution >= 4 is 29.8 Å². The van der Waals surface area contributed by atoms with Gasteiger partial charge in [-0.2, -0.15) is 5.10 Å². The molecule has 0 amide bonds. The van der Waals surface area contributed by atoms with Gasteiger partial charge in [-0.1, -0.05) is 31.5 Å². The van der Waals surface area contributed by atoms with Gasteiger partial charge in [-0.3, -0.25) is 9.69 Å². The number of hydrogen-bond acceptors (Lipinski definition) is 6. The molecule has 7 nitrogen and oxygen atoms in total. The van der Waals surface area contributed by atoms with Crippen molar-refractivity contribution in [2.24, 2.45) is 0 Å². The van der Waals surface area contributed by atoms with Crippen LogP contribution in [0.4, 0.5) is 4.39 Å². The van der Waals surface area contributed by atoms with Crippen molar-refractivity contribution in [1.29, 1.82) is 0 Å². The van der Waals surface area contributed by atoms with Crippen LogP contribution < -0.4 is 5.32 Å². The number of carbonyl (C=O) groups excluding carboxylic acids is 2. The van der Waals surface area contributed by atoms with E-state index in [-0.39, 0.29) is 16.5 Å². The number of halogens is 2. The molecule has 0 saturated heterocycles. The molecule has 1 N–H and O–H groups in total. The van der Waals surface area contributed by atoms with Crippen LogP contribution in [-0.2, 0) is 4.79 Å². The van der Waals surface area contributed by atoms with E-state index in [0.29, 0.717) is 28.9 Å². The van der Waals surface area contributed by atoms with Crippen LogP contribution in [-0.4, -0.2) is 64.8 Å². The van der Waals surface area contributed by atoms with Crippen molar-refractivity contribution in [3.05, 3.63) is 52.6 Å². The number of benzene rings is 1. The van der Waals surface area contributed by atoms with E-state index in [4.69, 9.17) is 11.6 Å². The minimum atomic E-state index is -0.494. The predicted octanol–water partition coefficient (Wildman–Crippen LogP) is 4.24. The van der Waals surface area contributed by atoms with E-state index < -0.39 is 5.82 Å². The van der Waals surface area contributed by atoms with Crippen LogP contribution >= 0.6 is 11.6 Å². The van der Waals surface area contributed by atoms with Crippen molar-refractivity contribution < 1.29 is 14.0 Å². The van der Waals surface area contributed by atoms with Gasteiger partial charge in [0.2, 0.25) is 0 Å². The minimum Gasteiger partial charge on any atom is -0.318 e. The third kappa shape index (κ3) is 6.66. The van der Waals surface area contributed by atoms with E-state index in [1.165, 1.54) is 12.1 Å². The topological polar surface area (TPSA) is 79.6 Å². The van der Waals surface area contributed by atoms with Gasteiger partial charge in [0, 0.05) is 24.2 Å². The molecule has 3 rings (SSSR count). The van der Waals surface area contributed by atoms with Crippen molar-refractivity contribution in [2.75, 3.05) is 27.2 Å². The normalized spacial score (nSPS) is 11.6. The van der Waals surface area contributed by atoms with Crippen LogP contribution in [0, 0.1) is 5.82 Å². The Labute approximate surface area is 199 Å². The maximum Gasteiger partial charge on any atom is 0.170 e. The molecule has 0 aliphatic heterocycles. The average molecular weight is 476 g/mol. The van der Waals surface area contributed by atoms with Gasteiger partial charge in [0.15, 0.2) is 11.9 Å². The molecule has 0 radical (unpaired) electrons. The SMILES string of the molecule is CC(C)c1cc(-c2ccc(Cl)c(F)c2)nn2cc(C=O)nc12.CNCCN(C)C(C)(C)C=O. The number of rotatable bonds is 8. The molecule has 0 saturated carbocycles. The summed E-state index contributed by atoms with van der Waals surface area (Å²) in [6.07, 6.45) is 3.22. The summed E-state index contributed by atoms with van der Waals surface area (Å²) in [7, 11) is 3.85. The van der Waals surface area contributed by atoms with Crippen molar-refractivity contribution in [3.63, 3.8) is 0 Å². The van der Waals surface area contributed by atoms with Crippen molar-refractivity contribution in [2.45, 2.75) is 39.2 Å². The summed E-state index contributed by atoms with van der Waals surface area (Å²) in [5.41, 5.74) is 2.77. The number of carbonyl (C=O) groups is 2. The number of imidazole rings is 1. The van der Waals surface area contributed by atoms with Crippen LogP contribution in [0.2, 0.25) is 5.02 Å². The molecular formula is C24H31ClFN5O2. The Bertz CT molecular complexity index is 1110. The fourth-order valence-electron chi connectivity index (χ4n) is 2.95. The quantitative estimate of drug-likeness (QED) is 0.491. The molecule has 0 aliphatic carbocycles. The fourth-order valence-corrected chi connectivity index (χ4v) is 3.07. The highest BCUT2D eigenvalue weighted by molar-refractivity contribution is 6.30. The van der Waals surface area contributed by atoms with Crippen LogP contribution in [0.25, 0.3) is 16.9 Å². The van der Waals surface area contributed by atoms with E-state index >= 15 is 0 Å². The zero-order valence-corrected chi connectivity index (χ0v) is 20.7. The molecule has 0 atom stereocenters. The standard InChI is InChI=1S/C16H13ClFN3O.C8H18N2O/c1-9(2)12-6-15(10-3-4-13(17)14(18)5-10)20-21-7-11(8-22)19-16(12)21;1-8(2,7-11)10(4)6-5-9-3/h3-9H,1-2H3;7,9H,5-6H2,1-4H3. The van der Waals surface area contributed by atoms with Gasteiger partial charge in [0.1, 0.15) is 17.8 Å². The molecule has 2 heterocycles. The first kappa shape index (κ1) is 26.6. The highest BCUT2D eigenvalue weighted by Gasteiger charge is 2.21. The number of likely N-dealkylation sites (N-methyl/N-ethyl adjacent to an activating group) is 2. The summed E-state index contributed by atoms with van der Waals surface area (Å²) in [6, 6.07) is 6.42. The third-order valence-electron chi connectivity index (χ3n) is 5.40. The second-order valence-corrected chi connectivity index (χ2v) is 9.02. The highest BCUT2D eigenvalue weighted by atomic mass is 35.5. The largest absolute Gasteiger partial charge is 0.318 e. The van der Waals surface area contributed by atoms with E-state index in [9.17, 15) is 14.0 Å². The van der Waals surface area contributed by atoms with Gasteiger partial charge in [-0.15, -0.1) is 0 Å². The lowest BCUT2D eigenvalue weighted by Crippen LogP contribution is -2.45. The minimum absolute atomic E-state index is 0.0692. The summed E-state index contributed by atoms with van der Waals surface area (Å²) in [5, 5.41) is 7.52. The van der Waals surface area contributed by atoms with E-state index in [0.717, 1.165) is 24.9 Å². The molecule has 2 aromatic heterocycles. The molecular weight excluding hydrogens is 445 g/mol. The Morgan fingerprint density at radius 1 is 1.27 bits per heavy atom. The van der Waals surface area contributed by atoms with Crippen LogP contribution in [0.1, 0.15) is 49.7 Å². The smallest absolute Gasteiger partial charge is 0.170 e. The Kier molecular flexibility index (Phi) is 9.22. The van der Waals surface area contributed by atoms with E-state index in [2.05, 4.69) is 15.4 Å². The summed E-state index contributed by atoms with van der Waals surface area (Å²) < 4.78 is 15.2. The van der Waals surface area contributed by atoms with Gasteiger partial charge in [0.05, 0.1) is 22.5 Å². The Balaban J connectivity index is 0.000000299. The highest BCUT2D eigenvalue weighted by Crippen LogP contribution is 2.27. The van der Waals surface area contributed by atoms with Crippen LogP contribution in [0.3, 0.4) is 0 Å². The first-order chi connectivity index (χ1) is 15.5. The summed E-state index contributed by atoms with van der Waals surface area (Å²) in [6.45, 7) is 9.68. The number of nitrogens with zero attached hydrogens (tertiary/aromatic N) is 4. The molecule has 0 spiro atoms. The van der Waals surface area contributed by atoms with E-state index in [1.54, 1.807) is 16.8 Å². The number of hydrogen-bond donors (Lipinski definition) is 1. The summed E-state index contributed by atoms with van der Waals surface area (Å²) >= 11 is 5.72. The zero-order chi connectivity index (χ0) is 24.8. The molecule has 178 valence electrons. The Morgan fingerprint density at radius 2 is 1.97 bits per heavy atom. The van der Waals surface area contributed by atoms with Gasteiger partial charge in [0.25, 0.3) is 0 Å². The number of fused-ring (bicyclic) bond motifs is 1. The van der Waals surface area contributed by atoms with Crippen molar-refractivity contribution in [3.8, 4) is 11.3 Å². The zero-order valence-electron chi connectivity index (χ0n) is 19.9. The monoisotopic (exact) mass is 475 g/mol. The number of nitrogens with one attached hydrogen (secondary N) is 1. The lowest BCUT2D eigenvalue weighted by atomic mass is 10.0. The van der Waals surface area contributed by atoms with Crippen molar-refractivity contribution in [1.82, 2.24) is 24.8 Å². The van der Waals surface area contributed by atoms with Crippen LogP contribution in [0.5, 0.6) is 0 Å². The Morgan fingerprint density at radius 3 is 2.52 bits per heavy atom. The molecule has 0 fully saturated rings. The first-order valence-electron chi connectivity index (χ1n) is 10.7. The molecule has 0 aliphatic rings. The molecule has 33 heavy (non-hydrogen) atoms. The Hall–Kier alpha value is -2.68. The molecule has 0 unspecified atom stereocenters. The molecule has 0 bridgehead atoms. The maximum atomic E-state index is 13.7. The number of aldehydes is 2. The van der Waals surface area contributed by atoms with Gasteiger partial charge >= 0.3 is 0 Å². The second kappa shape index (κ2) is 11.4. The first-order valence-corrected chi connectivity index (χ1v) is 11.0. The number of aromatic nitrogens is 3. The second-order valence-electron chi connectivity index (χ2n) is 8.62. The molecule has 1 aromatic carbocycles. The van der Waals surface area contributed by atoms with E-state index in [1.807, 2.05) is 52.8 Å².